The number of rotatable bonds is 4. The minimum absolute atomic E-state index is 0.229. The van der Waals surface area contributed by atoms with Crippen LogP contribution in [0.4, 0.5) is 4.39 Å². The lowest BCUT2D eigenvalue weighted by atomic mass is 10.0. The van der Waals surface area contributed by atoms with Crippen LogP contribution in [0.3, 0.4) is 0 Å². The number of fused-ring (bicyclic) bond motifs is 2. The molecule has 0 atom stereocenters. The predicted octanol–water partition coefficient (Wildman–Crippen LogP) is 5.58. The number of nitrogens with zero attached hydrogens (tertiary/aromatic N) is 3. The number of aromatic amines is 1. The van der Waals surface area contributed by atoms with E-state index in [1.807, 2.05) is 36.5 Å². The lowest BCUT2D eigenvalue weighted by molar-refractivity contribution is 0.244. The molecule has 6 rings (SSSR count). The van der Waals surface area contributed by atoms with Gasteiger partial charge < -0.3 is 9.40 Å². The fourth-order valence-corrected chi connectivity index (χ4v) is 4.48. The molecule has 0 saturated heterocycles. The molecular formula is C26H21FN4O. The van der Waals surface area contributed by atoms with Crippen molar-refractivity contribution in [3.05, 3.63) is 95.8 Å². The average molecular weight is 424 g/mol. The Kier molecular flexibility index (Phi) is 4.58. The summed E-state index contributed by atoms with van der Waals surface area (Å²) in [6.45, 7) is 2.48. The Bertz CT molecular complexity index is 1390. The number of furan rings is 1. The lowest BCUT2D eigenvalue weighted by Crippen LogP contribution is -2.31. The maximum absolute atomic E-state index is 13.5. The van der Waals surface area contributed by atoms with Crippen molar-refractivity contribution >= 4 is 10.9 Å². The number of nitrogens with one attached hydrogen (secondary N) is 1. The molecule has 1 aliphatic rings. The molecule has 0 aliphatic carbocycles. The van der Waals surface area contributed by atoms with Crippen LogP contribution in [0.2, 0.25) is 0 Å². The van der Waals surface area contributed by atoms with E-state index in [9.17, 15) is 4.39 Å². The van der Waals surface area contributed by atoms with E-state index in [0.29, 0.717) is 11.6 Å². The first-order chi connectivity index (χ1) is 15.7. The SMILES string of the molecule is Fc1ccc(-c2[nH]c3ccccc3c2CN2CCc3nc(-c4ccco4)ncc3C2)cc1. The van der Waals surface area contributed by atoms with Gasteiger partial charge in [-0.25, -0.2) is 14.4 Å². The van der Waals surface area contributed by atoms with E-state index >= 15 is 0 Å². The molecule has 158 valence electrons. The number of H-pyrrole nitrogens is 1. The molecule has 3 aromatic heterocycles. The highest BCUT2D eigenvalue weighted by atomic mass is 19.1. The van der Waals surface area contributed by atoms with Crippen molar-refractivity contribution in [2.24, 2.45) is 0 Å². The second-order valence-electron chi connectivity index (χ2n) is 8.13. The predicted molar refractivity (Wildman–Crippen MR) is 121 cm³/mol. The molecule has 0 spiro atoms. The summed E-state index contributed by atoms with van der Waals surface area (Å²) in [5.74, 6) is 1.10. The van der Waals surface area contributed by atoms with Gasteiger partial charge in [0, 0.05) is 48.7 Å². The van der Waals surface area contributed by atoms with E-state index in [0.717, 1.165) is 54.1 Å². The largest absolute Gasteiger partial charge is 0.461 e. The van der Waals surface area contributed by atoms with Gasteiger partial charge in [-0.05, 0) is 53.6 Å². The van der Waals surface area contributed by atoms with Crippen molar-refractivity contribution in [1.29, 1.82) is 0 Å². The van der Waals surface area contributed by atoms with Gasteiger partial charge in [0.25, 0.3) is 0 Å². The molecule has 0 bridgehead atoms. The molecule has 6 heteroatoms. The summed E-state index contributed by atoms with van der Waals surface area (Å²) < 4.78 is 18.9. The van der Waals surface area contributed by atoms with Crippen LogP contribution < -0.4 is 0 Å². The maximum Gasteiger partial charge on any atom is 0.195 e. The highest BCUT2D eigenvalue weighted by molar-refractivity contribution is 5.90. The van der Waals surface area contributed by atoms with Crippen molar-refractivity contribution in [3.8, 4) is 22.8 Å². The Morgan fingerprint density at radius 1 is 1.03 bits per heavy atom. The molecule has 2 aromatic carbocycles. The van der Waals surface area contributed by atoms with E-state index in [4.69, 9.17) is 9.40 Å². The first-order valence-electron chi connectivity index (χ1n) is 10.7. The zero-order valence-electron chi connectivity index (χ0n) is 17.4. The molecule has 0 unspecified atom stereocenters. The molecule has 4 heterocycles. The molecule has 0 fully saturated rings. The third-order valence-electron chi connectivity index (χ3n) is 6.08. The minimum Gasteiger partial charge on any atom is -0.461 e. The number of benzene rings is 2. The Morgan fingerprint density at radius 2 is 1.91 bits per heavy atom. The molecule has 32 heavy (non-hydrogen) atoms. The van der Waals surface area contributed by atoms with Gasteiger partial charge in [-0.15, -0.1) is 0 Å². The Morgan fingerprint density at radius 3 is 2.75 bits per heavy atom. The maximum atomic E-state index is 13.5. The minimum atomic E-state index is -0.229. The van der Waals surface area contributed by atoms with Crippen molar-refractivity contribution in [1.82, 2.24) is 19.9 Å². The highest BCUT2D eigenvalue weighted by Gasteiger charge is 2.22. The molecule has 1 aliphatic heterocycles. The summed E-state index contributed by atoms with van der Waals surface area (Å²) in [6.07, 6.45) is 4.42. The summed E-state index contributed by atoms with van der Waals surface area (Å²) in [6, 6.07) is 18.7. The quantitative estimate of drug-likeness (QED) is 0.409. The van der Waals surface area contributed by atoms with Crippen molar-refractivity contribution in [3.63, 3.8) is 0 Å². The second kappa shape index (κ2) is 7.73. The van der Waals surface area contributed by atoms with Crippen LogP contribution in [0.15, 0.2) is 77.5 Å². The van der Waals surface area contributed by atoms with E-state index < -0.39 is 0 Å². The fourth-order valence-electron chi connectivity index (χ4n) is 4.48. The van der Waals surface area contributed by atoms with E-state index in [2.05, 4.69) is 33.1 Å². The standard InChI is InChI=1S/C26H21FN4O/c27-19-9-7-17(8-10-19)25-21(20-4-1-2-5-23(20)29-25)16-31-12-11-22-18(15-31)14-28-26(30-22)24-6-3-13-32-24/h1-10,13-14,29H,11-12,15-16H2. The smallest absolute Gasteiger partial charge is 0.195 e. The van der Waals surface area contributed by atoms with Gasteiger partial charge in [0.15, 0.2) is 11.6 Å². The topological polar surface area (TPSA) is 58.0 Å². The molecule has 0 amide bonds. The first-order valence-corrected chi connectivity index (χ1v) is 10.7. The van der Waals surface area contributed by atoms with Crippen LogP contribution in [0.5, 0.6) is 0 Å². The summed E-state index contributed by atoms with van der Waals surface area (Å²) in [5.41, 5.74) is 6.58. The zero-order valence-corrected chi connectivity index (χ0v) is 17.4. The van der Waals surface area contributed by atoms with Gasteiger partial charge in [-0.1, -0.05) is 18.2 Å². The summed E-state index contributed by atoms with van der Waals surface area (Å²) >= 11 is 0. The van der Waals surface area contributed by atoms with Gasteiger partial charge in [-0.2, -0.15) is 0 Å². The van der Waals surface area contributed by atoms with Crippen LogP contribution >= 0.6 is 0 Å². The fraction of sp³-hybridized carbons (Fsp3) is 0.154. The molecular weight excluding hydrogens is 403 g/mol. The van der Waals surface area contributed by atoms with Gasteiger partial charge in [0.2, 0.25) is 0 Å². The zero-order chi connectivity index (χ0) is 21.5. The van der Waals surface area contributed by atoms with Crippen LogP contribution in [0.25, 0.3) is 33.7 Å². The van der Waals surface area contributed by atoms with E-state index in [1.54, 1.807) is 6.26 Å². The van der Waals surface area contributed by atoms with Crippen LogP contribution in [-0.2, 0) is 19.5 Å². The molecule has 1 N–H and O–H groups in total. The van der Waals surface area contributed by atoms with Crippen molar-refractivity contribution in [2.75, 3.05) is 6.54 Å². The summed E-state index contributed by atoms with van der Waals surface area (Å²) in [7, 11) is 0. The number of halogens is 1. The number of aromatic nitrogens is 3. The van der Waals surface area contributed by atoms with Gasteiger partial charge in [0.1, 0.15) is 5.82 Å². The summed E-state index contributed by atoms with van der Waals surface area (Å²) in [4.78, 5) is 15.2. The number of para-hydroxylation sites is 1. The third kappa shape index (κ3) is 3.39. The molecule has 5 aromatic rings. The van der Waals surface area contributed by atoms with Gasteiger partial charge >= 0.3 is 0 Å². The Balaban J connectivity index is 1.32. The average Bonchev–Trinajstić information content (AvgIpc) is 3.48. The third-order valence-corrected chi connectivity index (χ3v) is 6.08. The van der Waals surface area contributed by atoms with Crippen LogP contribution in [0.1, 0.15) is 16.8 Å². The second-order valence-corrected chi connectivity index (χ2v) is 8.13. The van der Waals surface area contributed by atoms with Crippen molar-refractivity contribution in [2.45, 2.75) is 19.5 Å². The Hall–Kier alpha value is -3.77. The van der Waals surface area contributed by atoms with Crippen LogP contribution in [0, 0.1) is 5.82 Å². The Labute approximate surface area is 184 Å². The number of hydrogen-bond acceptors (Lipinski definition) is 4. The van der Waals surface area contributed by atoms with E-state index in [1.165, 1.54) is 23.1 Å². The number of hydrogen-bond donors (Lipinski definition) is 1. The van der Waals surface area contributed by atoms with Gasteiger partial charge in [-0.3, -0.25) is 4.90 Å². The molecule has 0 saturated carbocycles. The highest BCUT2D eigenvalue weighted by Crippen LogP contribution is 2.33. The van der Waals surface area contributed by atoms with Crippen molar-refractivity contribution < 1.29 is 8.81 Å². The van der Waals surface area contributed by atoms with Gasteiger partial charge in [0.05, 0.1) is 17.7 Å². The van der Waals surface area contributed by atoms with E-state index in [-0.39, 0.29) is 5.82 Å². The normalized spacial score (nSPS) is 14.0. The monoisotopic (exact) mass is 424 g/mol. The molecule has 5 nitrogen and oxygen atoms in total. The lowest BCUT2D eigenvalue weighted by Gasteiger charge is -2.28. The molecule has 0 radical (unpaired) electrons. The summed E-state index contributed by atoms with van der Waals surface area (Å²) in [5, 5.41) is 1.20. The first kappa shape index (κ1) is 19.0. The van der Waals surface area contributed by atoms with Crippen LogP contribution in [-0.4, -0.2) is 26.4 Å².